The number of nitrogens with one attached hydrogen (secondary N) is 1. The van der Waals surface area contributed by atoms with Crippen LogP contribution in [0, 0.1) is 11.3 Å². The van der Waals surface area contributed by atoms with E-state index in [0.717, 1.165) is 19.3 Å². The fourth-order valence-corrected chi connectivity index (χ4v) is 3.40. The summed E-state index contributed by atoms with van der Waals surface area (Å²) in [5.74, 6) is 0.0463. The van der Waals surface area contributed by atoms with Gasteiger partial charge in [0.05, 0.1) is 30.3 Å². The van der Waals surface area contributed by atoms with Crippen molar-refractivity contribution in [2.24, 2.45) is 5.73 Å². The van der Waals surface area contributed by atoms with Crippen LogP contribution < -0.4 is 15.8 Å². The van der Waals surface area contributed by atoms with Crippen LogP contribution in [-0.2, 0) is 4.79 Å². The van der Waals surface area contributed by atoms with Gasteiger partial charge in [-0.25, -0.2) is 0 Å². The highest BCUT2D eigenvalue weighted by Crippen LogP contribution is 2.23. The van der Waals surface area contributed by atoms with Gasteiger partial charge in [0, 0.05) is 18.1 Å². The number of carbonyl (C=O) groups excluding carboxylic acids is 2. The Morgan fingerprint density at radius 1 is 1.34 bits per heavy atom. The molecular formula is C21H25N5O3. The summed E-state index contributed by atoms with van der Waals surface area (Å²) in [7, 11) is 0. The molecule has 152 valence electrons. The second-order valence-electron chi connectivity index (χ2n) is 6.94. The third-order valence-corrected chi connectivity index (χ3v) is 4.95. The smallest absolute Gasteiger partial charge is 0.252 e. The van der Waals surface area contributed by atoms with Crippen molar-refractivity contribution in [1.29, 1.82) is 5.26 Å². The number of nitrogens with two attached hydrogens (primary N) is 1. The van der Waals surface area contributed by atoms with Gasteiger partial charge in [0.1, 0.15) is 11.8 Å². The minimum absolute atomic E-state index is 0.143. The summed E-state index contributed by atoms with van der Waals surface area (Å²) >= 11 is 0. The maximum atomic E-state index is 12.7. The number of nitrogens with zero attached hydrogens (tertiary/aromatic N) is 3. The summed E-state index contributed by atoms with van der Waals surface area (Å²) < 4.78 is 5.73. The predicted molar refractivity (Wildman–Crippen MR) is 108 cm³/mol. The zero-order chi connectivity index (χ0) is 20.6. The quantitative estimate of drug-likeness (QED) is 0.655. The maximum absolute atomic E-state index is 12.7. The van der Waals surface area contributed by atoms with Gasteiger partial charge in [-0.05, 0) is 56.5 Å². The first-order valence-electron chi connectivity index (χ1n) is 9.83. The summed E-state index contributed by atoms with van der Waals surface area (Å²) in [6, 6.07) is 8.76. The van der Waals surface area contributed by atoms with Crippen LogP contribution in [0.4, 0.5) is 0 Å². The molecular weight excluding hydrogens is 370 g/mol. The first-order valence-corrected chi connectivity index (χ1v) is 9.83. The Labute approximate surface area is 169 Å². The van der Waals surface area contributed by atoms with Gasteiger partial charge < -0.3 is 20.7 Å². The second kappa shape index (κ2) is 9.85. The molecule has 0 radical (unpaired) electrons. The molecule has 0 bridgehead atoms. The van der Waals surface area contributed by atoms with Crippen LogP contribution >= 0.6 is 0 Å². The topological polar surface area (TPSA) is 121 Å². The number of likely N-dealkylation sites (tertiary alicyclic amines) is 1. The number of ether oxygens (including phenoxy) is 1. The van der Waals surface area contributed by atoms with Gasteiger partial charge in [-0.1, -0.05) is 0 Å². The number of rotatable bonds is 8. The largest absolute Gasteiger partial charge is 0.494 e. The molecule has 3 N–H and O–H groups in total. The molecule has 8 heteroatoms. The van der Waals surface area contributed by atoms with Gasteiger partial charge in [-0.3, -0.25) is 14.6 Å². The Morgan fingerprint density at radius 2 is 2.21 bits per heavy atom. The summed E-state index contributed by atoms with van der Waals surface area (Å²) in [4.78, 5) is 30.9. The Morgan fingerprint density at radius 3 is 3.00 bits per heavy atom. The van der Waals surface area contributed by atoms with Crippen molar-refractivity contribution in [3.8, 4) is 11.8 Å². The van der Waals surface area contributed by atoms with Crippen molar-refractivity contribution in [1.82, 2.24) is 15.2 Å². The second-order valence-corrected chi connectivity index (χ2v) is 6.94. The van der Waals surface area contributed by atoms with Crippen molar-refractivity contribution in [2.45, 2.75) is 31.7 Å². The van der Waals surface area contributed by atoms with Crippen molar-refractivity contribution >= 4 is 22.7 Å². The van der Waals surface area contributed by atoms with Gasteiger partial charge in [-0.2, -0.15) is 5.26 Å². The lowest BCUT2D eigenvalue weighted by molar-refractivity contribution is -0.130. The van der Waals surface area contributed by atoms with E-state index >= 15 is 0 Å². The van der Waals surface area contributed by atoms with Crippen LogP contribution in [0.15, 0.2) is 30.5 Å². The number of fused-ring (bicyclic) bond motifs is 1. The molecule has 0 aliphatic carbocycles. The molecule has 2 heterocycles. The van der Waals surface area contributed by atoms with E-state index in [4.69, 9.17) is 15.7 Å². The fraction of sp³-hybridized carbons (Fsp3) is 0.429. The standard InChI is InChI=1S/C21H25N5O3/c22-8-1-2-11-29-16-5-6-19-18(12-16)17(7-9-24-19)21(28)25-14-20(27)26-10-3-4-15(26)13-23/h5-7,9,12,15H,1-4,8,10-11,14,22H2,(H,25,28)/t15-/m0/s1. The minimum atomic E-state index is -0.403. The number of carbonyl (C=O) groups is 2. The number of hydrogen-bond acceptors (Lipinski definition) is 6. The van der Waals surface area contributed by atoms with E-state index in [1.54, 1.807) is 24.4 Å². The molecule has 1 saturated heterocycles. The number of nitriles is 1. The molecule has 8 nitrogen and oxygen atoms in total. The maximum Gasteiger partial charge on any atom is 0.252 e. The average Bonchev–Trinajstić information content (AvgIpc) is 3.23. The first kappa shape index (κ1) is 20.6. The summed E-state index contributed by atoms with van der Waals surface area (Å²) in [6.07, 6.45) is 4.80. The lowest BCUT2D eigenvalue weighted by Gasteiger charge is -2.19. The molecule has 1 aromatic heterocycles. The van der Waals surface area contributed by atoms with Crippen LogP contribution in [-0.4, -0.2) is 54.0 Å². The molecule has 0 saturated carbocycles. The zero-order valence-corrected chi connectivity index (χ0v) is 16.3. The number of hydrogen-bond donors (Lipinski definition) is 2. The van der Waals surface area contributed by atoms with Crippen molar-refractivity contribution < 1.29 is 14.3 Å². The van der Waals surface area contributed by atoms with Crippen LogP contribution in [0.5, 0.6) is 5.75 Å². The first-order chi connectivity index (χ1) is 14.1. The van der Waals surface area contributed by atoms with Crippen LogP contribution in [0.1, 0.15) is 36.0 Å². The SMILES string of the molecule is N#C[C@@H]1CCCN1C(=O)CNC(=O)c1ccnc2ccc(OCCCCN)cc12. The van der Waals surface area contributed by atoms with Gasteiger partial charge in [-0.15, -0.1) is 0 Å². The van der Waals surface area contributed by atoms with E-state index in [0.29, 0.717) is 48.3 Å². The summed E-state index contributed by atoms with van der Waals surface area (Å²) in [6.45, 7) is 1.58. The molecule has 1 fully saturated rings. The zero-order valence-electron chi connectivity index (χ0n) is 16.3. The predicted octanol–water partition coefficient (Wildman–Crippen LogP) is 1.60. The Kier molecular flexibility index (Phi) is 6.98. The number of unbranched alkanes of at least 4 members (excludes halogenated alkanes) is 1. The van der Waals surface area contributed by atoms with Gasteiger partial charge in [0.2, 0.25) is 5.91 Å². The van der Waals surface area contributed by atoms with E-state index in [1.807, 2.05) is 6.07 Å². The van der Waals surface area contributed by atoms with Crippen molar-refractivity contribution in [2.75, 3.05) is 26.2 Å². The Balaban J connectivity index is 1.68. The third-order valence-electron chi connectivity index (χ3n) is 4.95. The van der Waals surface area contributed by atoms with E-state index in [2.05, 4.69) is 16.4 Å². The molecule has 29 heavy (non-hydrogen) atoms. The molecule has 2 aromatic rings. The van der Waals surface area contributed by atoms with Gasteiger partial charge in [0.15, 0.2) is 0 Å². The molecule has 3 rings (SSSR count). The highest BCUT2D eigenvalue weighted by molar-refractivity contribution is 6.07. The molecule has 2 amide bonds. The van der Waals surface area contributed by atoms with Gasteiger partial charge in [0.25, 0.3) is 5.91 Å². The number of benzene rings is 1. The molecule has 1 aliphatic heterocycles. The number of aromatic nitrogens is 1. The highest BCUT2D eigenvalue weighted by Gasteiger charge is 2.28. The van der Waals surface area contributed by atoms with E-state index in [1.165, 1.54) is 4.90 Å². The van der Waals surface area contributed by atoms with Crippen LogP contribution in [0.2, 0.25) is 0 Å². The minimum Gasteiger partial charge on any atom is -0.494 e. The summed E-state index contributed by atoms with van der Waals surface area (Å²) in [5, 5.41) is 12.4. The molecule has 1 aliphatic rings. The fourth-order valence-electron chi connectivity index (χ4n) is 3.40. The normalized spacial score (nSPS) is 15.9. The average molecular weight is 395 g/mol. The Bertz CT molecular complexity index is 924. The highest BCUT2D eigenvalue weighted by atomic mass is 16.5. The number of amides is 2. The van der Waals surface area contributed by atoms with E-state index in [-0.39, 0.29) is 18.4 Å². The van der Waals surface area contributed by atoms with Crippen LogP contribution in [0.3, 0.4) is 0 Å². The monoisotopic (exact) mass is 395 g/mol. The van der Waals surface area contributed by atoms with E-state index < -0.39 is 6.04 Å². The molecule has 1 aromatic carbocycles. The third kappa shape index (κ3) is 5.00. The molecule has 1 atom stereocenters. The summed E-state index contributed by atoms with van der Waals surface area (Å²) in [5.41, 5.74) is 6.58. The number of pyridine rings is 1. The molecule has 0 spiro atoms. The lowest BCUT2D eigenvalue weighted by Crippen LogP contribution is -2.42. The van der Waals surface area contributed by atoms with Crippen molar-refractivity contribution in [3.05, 3.63) is 36.0 Å². The van der Waals surface area contributed by atoms with Crippen molar-refractivity contribution in [3.63, 3.8) is 0 Å². The van der Waals surface area contributed by atoms with Gasteiger partial charge >= 0.3 is 0 Å². The van der Waals surface area contributed by atoms with Crippen LogP contribution in [0.25, 0.3) is 10.9 Å². The lowest BCUT2D eigenvalue weighted by atomic mass is 10.1. The Hall–Kier alpha value is -3.18. The van der Waals surface area contributed by atoms with E-state index in [9.17, 15) is 9.59 Å². The molecule has 0 unspecified atom stereocenters.